The zero-order chi connectivity index (χ0) is 12.5. The van der Waals surface area contributed by atoms with E-state index in [0.29, 0.717) is 6.92 Å². The molecule has 0 spiro atoms. The smallest absolute Gasteiger partial charge is 0.319 e. The van der Waals surface area contributed by atoms with E-state index in [-0.39, 0.29) is 0 Å². The molecule has 1 unspecified atom stereocenters. The van der Waals surface area contributed by atoms with E-state index >= 15 is 0 Å². The molecule has 0 bridgehead atoms. The van der Waals surface area contributed by atoms with Crippen molar-refractivity contribution in [1.82, 2.24) is 0 Å². The van der Waals surface area contributed by atoms with Crippen molar-refractivity contribution in [2.24, 2.45) is 5.41 Å². The van der Waals surface area contributed by atoms with Gasteiger partial charge in [-0.1, -0.05) is 0 Å². The molecule has 0 aromatic carbocycles. The molecule has 5 heteroatoms. The Hall–Kier alpha value is -0.380. The van der Waals surface area contributed by atoms with Gasteiger partial charge in [-0.3, -0.25) is 4.79 Å². The molecule has 0 aliphatic rings. The molecular weight excluding hydrogens is 226 g/mol. The molecule has 0 aromatic rings. The normalized spacial score (nSPS) is 17.1. The van der Waals surface area contributed by atoms with E-state index in [2.05, 4.69) is 0 Å². The van der Waals surface area contributed by atoms with E-state index in [9.17, 15) is 13.6 Å². The zero-order valence-corrected chi connectivity index (χ0v) is 10.4. The summed E-state index contributed by atoms with van der Waals surface area (Å²) < 4.78 is 31.3. The molecule has 2 nitrogen and oxygen atoms in total. The SMILES string of the molecule is CC(C)(C)OC(=O)C(C)(CCl)C(C)(F)F. The van der Waals surface area contributed by atoms with Crippen molar-refractivity contribution < 1.29 is 18.3 Å². The predicted octanol–water partition coefficient (Wildman–Crippen LogP) is 3.23. The lowest BCUT2D eigenvalue weighted by Gasteiger charge is -2.33. The first kappa shape index (κ1) is 14.6. The minimum absolute atomic E-state index is 0.481. The van der Waals surface area contributed by atoms with Crippen LogP contribution in [0.1, 0.15) is 34.6 Å². The number of rotatable bonds is 3. The number of alkyl halides is 3. The maximum atomic E-state index is 13.2. The van der Waals surface area contributed by atoms with Crippen molar-refractivity contribution in [3.8, 4) is 0 Å². The van der Waals surface area contributed by atoms with E-state index in [1.165, 1.54) is 0 Å². The van der Waals surface area contributed by atoms with E-state index < -0.39 is 28.8 Å². The third-order valence-electron chi connectivity index (χ3n) is 2.09. The Balaban J connectivity index is 4.92. The Bertz CT molecular complexity index is 243. The van der Waals surface area contributed by atoms with E-state index in [4.69, 9.17) is 16.3 Å². The fraction of sp³-hybridized carbons (Fsp3) is 0.900. The van der Waals surface area contributed by atoms with Crippen LogP contribution in [0.15, 0.2) is 0 Å². The van der Waals surface area contributed by atoms with Gasteiger partial charge in [0.15, 0.2) is 0 Å². The maximum absolute atomic E-state index is 13.2. The van der Waals surface area contributed by atoms with Crippen molar-refractivity contribution in [2.75, 3.05) is 5.88 Å². The summed E-state index contributed by atoms with van der Waals surface area (Å²) >= 11 is 5.44. The van der Waals surface area contributed by atoms with Gasteiger partial charge in [-0.2, -0.15) is 0 Å². The van der Waals surface area contributed by atoms with Crippen LogP contribution in [-0.4, -0.2) is 23.4 Å². The third kappa shape index (κ3) is 3.59. The van der Waals surface area contributed by atoms with Crippen molar-refractivity contribution in [1.29, 1.82) is 0 Å². The predicted molar refractivity (Wildman–Crippen MR) is 55.3 cm³/mol. The number of carbonyl (C=O) groups is 1. The van der Waals surface area contributed by atoms with Gasteiger partial charge >= 0.3 is 5.97 Å². The van der Waals surface area contributed by atoms with E-state index in [1.807, 2.05) is 0 Å². The Labute approximate surface area is 93.9 Å². The molecule has 15 heavy (non-hydrogen) atoms. The highest BCUT2D eigenvalue weighted by atomic mass is 35.5. The molecule has 1 atom stereocenters. The van der Waals surface area contributed by atoms with Crippen molar-refractivity contribution in [3.05, 3.63) is 0 Å². The molecule has 0 aliphatic carbocycles. The third-order valence-corrected chi connectivity index (χ3v) is 2.62. The molecule has 0 aromatic heterocycles. The number of esters is 1. The highest BCUT2D eigenvalue weighted by molar-refractivity contribution is 6.19. The summed E-state index contributed by atoms with van der Waals surface area (Å²) in [5, 5.41) is 0. The van der Waals surface area contributed by atoms with E-state index in [0.717, 1.165) is 6.92 Å². The Morgan fingerprint density at radius 1 is 1.20 bits per heavy atom. The number of hydrogen-bond donors (Lipinski definition) is 0. The van der Waals surface area contributed by atoms with Gasteiger partial charge in [-0.25, -0.2) is 8.78 Å². The minimum Gasteiger partial charge on any atom is -0.459 e. The fourth-order valence-corrected chi connectivity index (χ4v) is 1.09. The van der Waals surface area contributed by atoms with Gasteiger partial charge in [0.25, 0.3) is 5.92 Å². The van der Waals surface area contributed by atoms with Gasteiger partial charge in [0.05, 0.1) is 0 Å². The number of carbonyl (C=O) groups excluding carboxylic acids is 1. The first-order chi connectivity index (χ1) is 6.44. The van der Waals surface area contributed by atoms with Gasteiger partial charge in [-0.05, 0) is 27.7 Å². The maximum Gasteiger partial charge on any atom is 0.319 e. The lowest BCUT2D eigenvalue weighted by atomic mass is 9.86. The fourth-order valence-electron chi connectivity index (χ4n) is 0.742. The lowest BCUT2D eigenvalue weighted by Crippen LogP contribution is -2.48. The monoisotopic (exact) mass is 242 g/mol. The summed E-state index contributed by atoms with van der Waals surface area (Å²) in [6.07, 6.45) is 0. The molecular formula is C10H17ClF2O2. The van der Waals surface area contributed by atoms with Crippen molar-refractivity contribution >= 4 is 17.6 Å². The van der Waals surface area contributed by atoms with E-state index in [1.54, 1.807) is 20.8 Å². The van der Waals surface area contributed by atoms with Crippen LogP contribution < -0.4 is 0 Å². The standard InChI is InChI=1S/C10H17ClF2O2/c1-8(2,3)15-7(14)9(4,6-11)10(5,12)13/h6H2,1-5H3. The first-order valence-electron chi connectivity index (χ1n) is 4.61. The van der Waals surface area contributed by atoms with Crippen LogP contribution in [0.25, 0.3) is 0 Å². The summed E-state index contributed by atoms with van der Waals surface area (Å²) in [5.74, 6) is -4.67. The highest BCUT2D eigenvalue weighted by Gasteiger charge is 2.53. The average molecular weight is 243 g/mol. The topological polar surface area (TPSA) is 26.3 Å². The molecule has 0 saturated carbocycles. The summed E-state index contributed by atoms with van der Waals surface area (Å²) in [7, 11) is 0. The Morgan fingerprint density at radius 3 is 1.80 bits per heavy atom. The summed E-state index contributed by atoms with van der Waals surface area (Å²) in [6, 6.07) is 0. The van der Waals surface area contributed by atoms with Crippen LogP contribution in [0.5, 0.6) is 0 Å². The summed E-state index contributed by atoms with van der Waals surface area (Å²) in [6.45, 7) is 6.63. The van der Waals surface area contributed by atoms with Crippen LogP contribution in [0.4, 0.5) is 8.78 Å². The van der Waals surface area contributed by atoms with Crippen LogP contribution in [0.3, 0.4) is 0 Å². The summed E-state index contributed by atoms with van der Waals surface area (Å²) in [4.78, 5) is 11.6. The molecule has 0 fully saturated rings. The van der Waals surface area contributed by atoms with Crippen LogP contribution >= 0.6 is 11.6 Å². The lowest BCUT2D eigenvalue weighted by molar-refractivity contribution is -0.185. The largest absolute Gasteiger partial charge is 0.459 e. The average Bonchev–Trinajstić information content (AvgIpc) is 1.97. The molecule has 0 heterocycles. The second-order valence-corrected chi connectivity index (χ2v) is 5.12. The van der Waals surface area contributed by atoms with Crippen molar-refractivity contribution in [3.63, 3.8) is 0 Å². The van der Waals surface area contributed by atoms with Gasteiger partial charge in [-0.15, -0.1) is 11.6 Å². The van der Waals surface area contributed by atoms with Crippen LogP contribution in [-0.2, 0) is 9.53 Å². The quantitative estimate of drug-likeness (QED) is 0.561. The van der Waals surface area contributed by atoms with Crippen molar-refractivity contribution in [2.45, 2.75) is 46.1 Å². The molecule has 0 N–H and O–H groups in total. The summed E-state index contributed by atoms with van der Waals surface area (Å²) in [5.41, 5.74) is -2.78. The molecule has 0 saturated heterocycles. The van der Waals surface area contributed by atoms with Gasteiger partial charge in [0, 0.05) is 12.8 Å². The molecule has 0 radical (unpaired) electrons. The number of ether oxygens (including phenoxy) is 1. The minimum atomic E-state index is -3.21. The van der Waals surface area contributed by atoms with Crippen LogP contribution in [0.2, 0.25) is 0 Å². The van der Waals surface area contributed by atoms with Gasteiger partial charge in [0.2, 0.25) is 0 Å². The van der Waals surface area contributed by atoms with Gasteiger partial charge in [0.1, 0.15) is 11.0 Å². The molecule has 0 aliphatic heterocycles. The Morgan fingerprint density at radius 2 is 1.60 bits per heavy atom. The molecule has 90 valence electrons. The molecule has 0 amide bonds. The second-order valence-electron chi connectivity index (χ2n) is 4.86. The second kappa shape index (κ2) is 4.24. The highest BCUT2D eigenvalue weighted by Crippen LogP contribution is 2.39. The molecule has 0 rings (SSSR count). The first-order valence-corrected chi connectivity index (χ1v) is 5.15. The number of hydrogen-bond acceptors (Lipinski definition) is 2. The zero-order valence-electron chi connectivity index (χ0n) is 9.66. The Kier molecular flexibility index (Phi) is 4.13. The van der Waals surface area contributed by atoms with Gasteiger partial charge < -0.3 is 4.74 Å². The number of halogens is 3. The van der Waals surface area contributed by atoms with Crippen LogP contribution in [0, 0.1) is 5.41 Å².